The van der Waals surface area contributed by atoms with Crippen LogP contribution in [0, 0.1) is 0 Å². The fourth-order valence-corrected chi connectivity index (χ4v) is 3.05. The number of benzene rings is 2. The molecule has 4 nitrogen and oxygen atoms in total. The molecule has 1 atom stereocenters. The minimum Gasteiger partial charge on any atom is -0.496 e. The predicted octanol–water partition coefficient (Wildman–Crippen LogP) is 3.61. The van der Waals surface area contributed by atoms with E-state index in [4.69, 9.17) is 9.47 Å². The number of methoxy groups -OCH3 is 1. The number of carbonyl (C=O) groups excluding carboxylic acids is 2. The molecule has 0 radical (unpaired) electrons. The van der Waals surface area contributed by atoms with Crippen LogP contribution in [-0.4, -0.2) is 25.0 Å². The molecule has 1 aliphatic carbocycles. The molecule has 0 heterocycles. The molecule has 124 valence electrons. The van der Waals surface area contributed by atoms with Crippen molar-refractivity contribution in [2.75, 3.05) is 7.11 Å². The van der Waals surface area contributed by atoms with Crippen molar-refractivity contribution in [1.82, 2.24) is 0 Å². The normalized spacial score (nSPS) is 13.9. The molecule has 4 heteroatoms. The first-order valence-corrected chi connectivity index (χ1v) is 8.10. The van der Waals surface area contributed by atoms with Crippen LogP contribution in [0.2, 0.25) is 0 Å². The number of para-hydroxylation sites is 1. The third-order valence-corrected chi connectivity index (χ3v) is 4.36. The Balaban J connectivity index is 1.73. The third-order valence-electron chi connectivity index (χ3n) is 4.36. The van der Waals surface area contributed by atoms with Gasteiger partial charge in [-0.2, -0.15) is 0 Å². The minimum absolute atomic E-state index is 0.187. The van der Waals surface area contributed by atoms with Gasteiger partial charge < -0.3 is 9.47 Å². The van der Waals surface area contributed by atoms with Crippen molar-refractivity contribution in [2.45, 2.75) is 32.3 Å². The first-order valence-electron chi connectivity index (χ1n) is 8.10. The lowest BCUT2D eigenvalue weighted by molar-refractivity contribution is 0.0316. The fraction of sp³-hybridized carbons (Fsp3) is 0.300. The lowest BCUT2D eigenvalue weighted by atomic mass is 10.0. The van der Waals surface area contributed by atoms with E-state index >= 15 is 0 Å². The highest BCUT2D eigenvalue weighted by molar-refractivity contribution is 6.02. The number of esters is 1. The van der Waals surface area contributed by atoms with E-state index in [-0.39, 0.29) is 5.78 Å². The first kappa shape index (κ1) is 16.2. The summed E-state index contributed by atoms with van der Waals surface area (Å²) in [5.74, 6) is -0.318. The van der Waals surface area contributed by atoms with E-state index in [1.54, 1.807) is 31.2 Å². The molecule has 24 heavy (non-hydrogen) atoms. The summed E-state index contributed by atoms with van der Waals surface area (Å²) in [6, 6.07) is 12.6. The number of rotatable bonds is 5. The van der Waals surface area contributed by atoms with E-state index in [0.29, 0.717) is 16.9 Å². The fourth-order valence-electron chi connectivity index (χ4n) is 3.05. The summed E-state index contributed by atoms with van der Waals surface area (Å²) < 4.78 is 10.5. The average molecular weight is 324 g/mol. The number of hydrogen-bond donors (Lipinski definition) is 0. The zero-order valence-corrected chi connectivity index (χ0v) is 13.9. The van der Waals surface area contributed by atoms with Gasteiger partial charge in [0.15, 0.2) is 6.10 Å². The molecule has 0 aliphatic heterocycles. The Kier molecular flexibility index (Phi) is 4.65. The van der Waals surface area contributed by atoms with E-state index in [0.717, 1.165) is 19.3 Å². The van der Waals surface area contributed by atoms with Crippen LogP contribution in [0.4, 0.5) is 0 Å². The molecule has 0 bridgehead atoms. The van der Waals surface area contributed by atoms with Gasteiger partial charge in [0.25, 0.3) is 0 Å². The molecule has 0 unspecified atom stereocenters. The number of aryl methyl sites for hydroxylation is 2. The Morgan fingerprint density at radius 1 is 1.04 bits per heavy atom. The van der Waals surface area contributed by atoms with Gasteiger partial charge in [0.05, 0.1) is 7.11 Å². The number of carbonyl (C=O) groups is 2. The first-order chi connectivity index (χ1) is 11.6. The highest BCUT2D eigenvalue weighted by Crippen LogP contribution is 2.24. The predicted molar refractivity (Wildman–Crippen MR) is 90.7 cm³/mol. The van der Waals surface area contributed by atoms with Crippen LogP contribution < -0.4 is 4.74 Å². The maximum Gasteiger partial charge on any atom is 0.342 e. The molecule has 0 N–H and O–H groups in total. The Labute approximate surface area is 141 Å². The van der Waals surface area contributed by atoms with Gasteiger partial charge in [0.1, 0.15) is 11.3 Å². The van der Waals surface area contributed by atoms with Crippen molar-refractivity contribution in [3.63, 3.8) is 0 Å². The van der Waals surface area contributed by atoms with Crippen LogP contribution in [0.15, 0.2) is 42.5 Å². The van der Waals surface area contributed by atoms with Gasteiger partial charge in [-0.15, -0.1) is 0 Å². The average Bonchev–Trinajstić information content (AvgIpc) is 3.08. The SMILES string of the molecule is COc1ccccc1C(=O)O[C@@H](C)C(=O)c1ccc2c(c1)CCC2. The molecule has 3 rings (SSSR count). The van der Waals surface area contributed by atoms with Crippen molar-refractivity contribution in [1.29, 1.82) is 0 Å². The summed E-state index contributed by atoms with van der Waals surface area (Å²) in [4.78, 5) is 24.9. The summed E-state index contributed by atoms with van der Waals surface area (Å²) in [7, 11) is 1.49. The molecular formula is C20H20O4. The Morgan fingerprint density at radius 3 is 2.58 bits per heavy atom. The highest BCUT2D eigenvalue weighted by Gasteiger charge is 2.23. The van der Waals surface area contributed by atoms with Crippen LogP contribution >= 0.6 is 0 Å². The zero-order valence-electron chi connectivity index (χ0n) is 13.9. The molecule has 0 amide bonds. The number of fused-ring (bicyclic) bond motifs is 1. The second kappa shape index (κ2) is 6.87. The Morgan fingerprint density at radius 2 is 1.79 bits per heavy atom. The van der Waals surface area contributed by atoms with Crippen molar-refractivity contribution in [3.8, 4) is 5.75 Å². The maximum absolute atomic E-state index is 12.6. The molecule has 0 aromatic heterocycles. The summed E-state index contributed by atoms with van der Waals surface area (Å²) in [5, 5.41) is 0. The van der Waals surface area contributed by atoms with Crippen LogP contribution in [0.5, 0.6) is 5.75 Å². The lowest BCUT2D eigenvalue weighted by Crippen LogP contribution is -2.24. The van der Waals surface area contributed by atoms with Crippen LogP contribution in [0.25, 0.3) is 0 Å². The van der Waals surface area contributed by atoms with E-state index in [1.165, 1.54) is 18.2 Å². The number of Topliss-reactive ketones (excluding diaryl/α,β-unsaturated/α-hetero) is 1. The van der Waals surface area contributed by atoms with Gasteiger partial charge in [0, 0.05) is 5.56 Å². The summed E-state index contributed by atoms with van der Waals surface area (Å²) >= 11 is 0. The van der Waals surface area contributed by atoms with Gasteiger partial charge in [-0.05, 0) is 55.5 Å². The van der Waals surface area contributed by atoms with Crippen molar-refractivity contribution >= 4 is 11.8 Å². The van der Waals surface area contributed by atoms with Gasteiger partial charge in [0.2, 0.25) is 5.78 Å². The molecule has 0 saturated heterocycles. The molecule has 2 aromatic rings. The molecule has 0 spiro atoms. The van der Waals surface area contributed by atoms with Gasteiger partial charge in [-0.1, -0.05) is 24.3 Å². The summed E-state index contributed by atoms with van der Waals surface area (Å²) in [6.45, 7) is 1.60. The van der Waals surface area contributed by atoms with Crippen molar-refractivity contribution in [3.05, 3.63) is 64.7 Å². The Hall–Kier alpha value is -2.62. The van der Waals surface area contributed by atoms with Crippen molar-refractivity contribution < 1.29 is 19.1 Å². The van der Waals surface area contributed by atoms with Crippen LogP contribution in [0.3, 0.4) is 0 Å². The quantitative estimate of drug-likeness (QED) is 0.623. The van der Waals surface area contributed by atoms with E-state index in [1.807, 2.05) is 18.2 Å². The monoisotopic (exact) mass is 324 g/mol. The second-order valence-corrected chi connectivity index (χ2v) is 5.95. The number of ether oxygens (including phenoxy) is 2. The van der Waals surface area contributed by atoms with Crippen LogP contribution in [-0.2, 0) is 17.6 Å². The molecule has 0 fully saturated rings. The summed E-state index contributed by atoms with van der Waals surface area (Å²) in [6.07, 6.45) is 2.36. The summed E-state index contributed by atoms with van der Waals surface area (Å²) in [5.41, 5.74) is 3.44. The van der Waals surface area contributed by atoms with Gasteiger partial charge >= 0.3 is 5.97 Å². The second-order valence-electron chi connectivity index (χ2n) is 5.95. The van der Waals surface area contributed by atoms with E-state index in [2.05, 4.69) is 0 Å². The lowest BCUT2D eigenvalue weighted by Gasteiger charge is -2.14. The number of ketones is 1. The highest BCUT2D eigenvalue weighted by atomic mass is 16.5. The van der Waals surface area contributed by atoms with E-state index in [9.17, 15) is 9.59 Å². The zero-order chi connectivity index (χ0) is 17.1. The molecule has 1 aliphatic rings. The van der Waals surface area contributed by atoms with Crippen molar-refractivity contribution in [2.24, 2.45) is 0 Å². The van der Waals surface area contributed by atoms with Gasteiger partial charge in [-0.3, -0.25) is 4.79 Å². The molecule has 0 saturated carbocycles. The number of hydrogen-bond acceptors (Lipinski definition) is 4. The standard InChI is InChI=1S/C20H20O4/c1-13(24-20(22)17-8-3-4-9-18(17)23-2)19(21)16-11-10-14-6-5-7-15(14)12-16/h3-4,8-13H,5-7H2,1-2H3/t13-/m0/s1. The topological polar surface area (TPSA) is 52.6 Å². The smallest absolute Gasteiger partial charge is 0.342 e. The Bertz CT molecular complexity index is 779. The molecule has 2 aromatic carbocycles. The molecular weight excluding hydrogens is 304 g/mol. The van der Waals surface area contributed by atoms with Gasteiger partial charge in [-0.25, -0.2) is 4.79 Å². The minimum atomic E-state index is -0.845. The largest absolute Gasteiger partial charge is 0.496 e. The van der Waals surface area contributed by atoms with Crippen LogP contribution in [0.1, 0.15) is 45.2 Å². The maximum atomic E-state index is 12.6. The third kappa shape index (κ3) is 3.18. The van der Waals surface area contributed by atoms with E-state index < -0.39 is 12.1 Å².